The molecule has 0 unspecified atom stereocenters. The van der Waals surface area contributed by atoms with Crippen LogP contribution in [0.1, 0.15) is 86.5 Å². The maximum Gasteiger partial charge on any atom is 0.408 e. The third-order valence-corrected chi connectivity index (χ3v) is 10.1. The number of amides is 5. The van der Waals surface area contributed by atoms with E-state index in [1.165, 1.54) is 4.90 Å². The first-order valence-electron chi connectivity index (χ1n) is 17.5. The number of carbonyl (C=O) groups is 6. The summed E-state index contributed by atoms with van der Waals surface area (Å²) in [4.78, 5) is 82.6. The van der Waals surface area contributed by atoms with Crippen molar-refractivity contribution in [2.75, 3.05) is 30.4 Å². The number of anilines is 2. The minimum absolute atomic E-state index is 0.0607. The number of nitrogens with zero attached hydrogens (tertiary/aromatic N) is 1. The van der Waals surface area contributed by atoms with E-state index in [1.54, 1.807) is 51.1 Å². The van der Waals surface area contributed by atoms with Gasteiger partial charge in [0.15, 0.2) is 0 Å². The van der Waals surface area contributed by atoms with Gasteiger partial charge in [0.25, 0.3) is 5.91 Å². The van der Waals surface area contributed by atoms with Crippen molar-refractivity contribution in [3.05, 3.63) is 36.4 Å². The highest BCUT2D eigenvalue weighted by molar-refractivity contribution is 6.43. The van der Waals surface area contributed by atoms with Crippen LogP contribution in [0.4, 0.5) is 16.2 Å². The lowest BCUT2D eigenvalue weighted by Gasteiger charge is -2.36. The third-order valence-electron chi connectivity index (χ3n) is 10.1. The maximum absolute atomic E-state index is 14.4. The lowest BCUT2D eigenvalue weighted by molar-refractivity contribution is -0.143. The maximum atomic E-state index is 14.4. The molecular formula is C37H51N5O8. The normalized spacial score (nSPS) is 26.0. The molecule has 1 aliphatic carbocycles. The molecule has 1 aromatic carbocycles. The molecule has 1 aromatic rings. The van der Waals surface area contributed by atoms with E-state index in [0.29, 0.717) is 51.1 Å². The van der Waals surface area contributed by atoms with Gasteiger partial charge in [0.05, 0.1) is 24.6 Å². The van der Waals surface area contributed by atoms with Crippen molar-refractivity contribution >= 4 is 46.9 Å². The van der Waals surface area contributed by atoms with Crippen LogP contribution in [0, 0.1) is 16.2 Å². The summed E-state index contributed by atoms with van der Waals surface area (Å²) in [6.45, 7) is 12.1. The molecule has 3 heterocycles. The first-order valence-corrected chi connectivity index (χ1v) is 17.5. The van der Waals surface area contributed by atoms with E-state index in [2.05, 4.69) is 21.3 Å². The van der Waals surface area contributed by atoms with Crippen LogP contribution >= 0.6 is 0 Å². The molecule has 272 valence electrons. The van der Waals surface area contributed by atoms with Crippen molar-refractivity contribution in [3.8, 4) is 0 Å². The fraction of sp³-hybridized carbons (Fsp3) is 0.622. The number of carbonyl (C=O) groups excluding carboxylic acids is 6. The van der Waals surface area contributed by atoms with Crippen LogP contribution in [0.15, 0.2) is 36.4 Å². The third kappa shape index (κ3) is 8.20. The number of likely N-dealkylation sites (tertiary alicyclic amines) is 1. The molecule has 3 fully saturated rings. The van der Waals surface area contributed by atoms with Gasteiger partial charge >= 0.3 is 6.09 Å². The predicted molar refractivity (Wildman–Crippen MR) is 186 cm³/mol. The van der Waals surface area contributed by atoms with Gasteiger partial charge in [-0.2, -0.15) is 0 Å². The average Bonchev–Trinajstić information content (AvgIpc) is 3.51. The van der Waals surface area contributed by atoms with Gasteiger partial charge in [-0.05, 0) is 76.8 Å². The quantitative estimate of drug-likeness (QED) is 0.270. The van der Waals surface area contributed by atoms with E-state index in [1.807, 2.05) is 26.8 Å². The molecule has 13 heteroatoms. The smallest absolute Gasteiger partial charge is 0.408 e. The van der Waals surface area contributed by atoms with Crippen molar-refractivity contribution < 1.29 is 38.2 Å². The van der Waals surface area contributed by atoms with Gasteiger partial charge in [0.1, 0.15) is 23.7 Å². The minimum atomic E-state index is -1.21. The Hall–Kier alpha value is -4.26. The second-order valence-corrected chi connectivity index (χ2v) is 16.3. The molecular weight excluding hydrogens is 642 g/mol. The van der Waals surface area contributed by atoms with Crippen LogP contribution in [0.25, 0.3) is 0 Å². The number of allylic oxidation sites excluding steroid dienone is 1. The predicted octanol–water partition coefficient (Wildman–Crippen LogP) is 4.08. The molecule has 0 radical (unpaired) electrons. The monoisotopic (exact) mass is 693 g/mol. The summed E-state index contributed by atoms with van der Waals surface area (Å²) in [5, 5.41) is 11.0. The second kappa shape index (κ2) is 14.2. The molecule has 2 saturated heterocycles. The van der Waals surface area contributed by atoms with Crippen LogP contribution < -0.4 is 21.3 Å². The van der Waals surface area contributed by atoms with Gasteiger partial charge in [-0.25, -0.2) is 4.79 Å². The molecule has 1 saturated carbocycles. The minimum Gasteiger partial charge on any atom is -0.444 e. The number of ether oxygens (including phenoxy) is 2. The summed E-state index contributed by atoms with van der Waals surface area (Å²) in [5.74, 6) is -2.98. The number of ketones is 1. The Kier molecular flexibility index (Phi) is 10.5. The molecule has 0 aromatic heterocycles. The molecule has 13 nitrogen and oxygen atoms in total. The largest absolute Gasteiger partial charge is 0.444 e. The summed E-state index contributed by atoms with van der Waals surface area (Å²) in [6.07, 6.45) is 6.48. The number of nitrogens with one attached hydrogen (secondary N) is 4. The summed E-state index contributed by atoms with van der Waals surface area (Å²) in [5.41, 5.74) is -1.32. The number of para-hydroxylation sites is 2. The van der Waals surface area contributed by atoms with Crippen molar-refractivity contribution in [1.82, 2.24) is 15.5 Å². The van der Waals surface area contributed by atoms with Crippen LogP contribution in [0.3, 0.4) is 0 Å². The molecule has 5 amide bonds. The highest BCUT2D eigenvalue weighted by atomic mass is 16.6. The van der Waals surface area contributed by atoms with Crippen molar-refractivity contribution in [3.63, 3.8) is 0 Å². The molecule has 2 spiro atoms. The number of Topliss-reactive ketones (excluding diaryl/α,β-unsaturated/α-hetero) is 1. The zero-order chi connectivity index (χ0) is 36.5. The average molecular weight is 694 g/mol. The number of benzene rings is 1. The number of rotatable bonds is 4. The van der Waals surface area contributed by atoms with Crippen LogP contribution in [0.5, 0.6) is 0 Å². The van der Waals surface area contributed by atoms with Gasteiger partial charge < -0.3 is 35.6 Å². The number of hydrogen-bond acceptors (Lipinski definition) is 8. The fourth-order valence-corrected chi connectivity index (χ4v) is 7.21. The highest BCUT2D eigenvalue weighted by Crippen LogP contribution is 2.72. The summed E-state index contributed by atoms with van der Waals surface area (Å²) in [6, 6.07) is 3.44. The molecule has 3 aliphatic heterocycles. The van der Waals surface area contributed by atoms with Crippen LogP contribution in [-0.2, 0) is 33.4 Å². The van der Waals surface area contributed by atoms with Crippen molar-refractivity contribution in [2.45, 2.75) is 110 Å². The van der Waals surface area contributed by atoms with E-state index in [4.69, 9.17) is 9.47 Å². The summed E-state index contributed by atoms with van der Waals surface area (Å²) in [7, 11) is 0. The SMILES string of the molecule is CC(C)(C)OC(=O)N[C@H](C(=O)N1C[C@]2(C[C@H]1C(=O)N[C@@H]1CC=CCCCCC(=O)Nc3ccccc3NC(=O)C1=O)CC21COC1)C(C)(C)C. The van der Waals surface area contributed by atoms with Gasteiger partial charge in [0.2, 0.25) is 23.5 Å². The van der Waals surface area contributed by atoms with Gasteiger partial charge in [0, 0.05) is 23.8 Å². The van der Waals surface area contributed by atoms with Gasteiger partial charge in [-0.15, -0.1) is 0 Å². The Morgan fingerprint density at radius 3 is 2.24 bits per heavy atom. The topological polar surface area (TPSA) is 172 Å². The zero-order valence-electron chi connectivity index (χ0n) is 30.0. The summed E-state index contributed by atoms with van der Waals surface area (Å²) >= 11 is 0. The van der Waals surface area contributed by atoms with Crippen molar-refractivity contribution in [2.24, 2.45) is 16.2 Å². The molecule has 4 atom stereocenters. The van der Waals surface area contributed by atoms with Crippen LogP contribution in [0.2, 0.25) is 0 Å². The molecule has 0 bridgehead atoms. The van der Waals surface area contributed by atoms with E-state index in [-0.39, 0.29) is 28.8 Å². The molecule has 4 aliphatic rings. The van der Waals surface area contributed by atoms with E-state index < -0.39 is 58.7 Å². The first-order chi connectivity index (χ1) is 23.4. The fourth-order valence-electron chi connectivity index (χ4n) is 7.21. The second-order valence-electron chi connectivity index (χ2n) is 16.3. The van der Waals surface area contributed by atoms with E-state index in [0.717, 1.165) is 12.8 Å². The molecule has 50 heavy (non-hydrogen) atoms. The Balaban J connectivity index is 1.39. The Morgan fingerprint density at radius 1 is 0.960 bits per heavy atom. The first kappa shape index (κ1) is 37.0. The number of hydrogen-bond donors (Lipinski definition) is 4. The van der Waals surface area contributed by atoms with Crippen molar-refractivity contribution in [1.29, 1.82) is 0 Å². The Morgan fingerprint density at radius 2 is 1.64 bits per heavy atom. The lowest BCUT2D eigenvalue weighted by Crippen LogP contribution is -2.59. The van der Waals surface area contributed by atoms with E-state index in [9.17, 15) is 28.8 Å². The molecule has 5 rings (SSSR count). The van der Waals surface area contributed by atoms with Gasteiger partial charge in [-0.1, -0.05) is 45.1 Å². The number of alkyl carbamates (subject to hydrolysis) is 1. The van der Waals surface area contributed by atoms with Gasteiger partial charge in [-0.3, -0.25) is 24.0 Å². The van der Waals surface area contributed by atoms with E-state index >= 15 is 0 Å². The summed E-state index contributed by atoms with van der Waals surface area (Å²) < 4.78 is 11.0. The standard InChI is InChI=1S/C37H51N5O8/c1-34(2,3)29(41-33(48)50-35(4,5)6)32(47)42-20-36(19-37(36)21-49-22-37)18-26(42)30(45)40-25-16-10-8-7-9-11-17-27(43)38-23-14-12-13-15-24(23)39-31(46)28(25)44/h8,10,12-15,25-26,29H,7,9,11,16-22H2,1-6H3,(H,38,43)(H,39,46)(H,40,45)(H,41,48)/t25-,26+,29-,36+/m1/s1. The zero-order valence-corrected chi connectivity index (χ0v) is 30.0. The molecule has 4 N–H and O–H groups in total. The Labute approximate surface area is 293 Å². The lowest BCUT2D eigenvalue weighted by atomic mass is 9.85. The Bertz CT molecular complexity index is 1560. The highest BCUT2D eigenvalue weighted by Gasteiger charge is 2.75. The van der Waals surface area contributed by atoms with Crippen LogP contribution in [-0.4, -0.2) is 83.9 Å². The number of fused-ring (bicyclic) bond motifs is 2.